The Kier molecular flexibility index (Phi) is 5.06. The number of fused-ring (bicyclic) bond motifs is 1. The number of nitrogens with one attached hydrogen (secondary N) is 2. The van der Waals surface area contributed by atoms with E-state index in [9.17, 15) is 14.0 Å². The van der Waals surface area contributed by atoms with Crippen LogP contribution in [0.5, 0.6) is 0 Å². The molecule has 2 amide bonds. The molecule has 1 aromatic heterocycles. The molecule has 1 heterocycles. The van der Waals surface area contributed by atoms with Crippen molar-refractivity contribution in [3.63, 3.8) is 0 Å². The van der Waals surface area contributed by atoms with Crippen LogP contribution in [-0.2, 0) is 0 Å². The third-order valence-electron chi connectivity index (χ3n) is 4.61. The highest BCUT2D eigenvalue weighted by Gasteiger charge is 2.23. The highest BCUT2D eigenvalue weighted by molar-refractivity contribution is 6.16. The van der Waals surface area contributed by atoms with Crippen molar-refractivity contribution in [1.82, 2.24) is 0 Å². The first-order valence-electron chi connectivity index (χ1n) is 9.39. The van der Waals surface area contributed by atoms with Gasteiger partial charge in [0.1, 0.15) is 17.1 Å². The average Bonchev–Trinajstić information content (AvgIpc) is 3.06. The van der Waals surface area contributed by atoms with Crippen LogP contribution in [-0.4, -0.2) is 11.8 Å². The molecule has 4 rings (SSSR count). The summed E-state index contributed by atoms with van der Waals surface area (Å²) in [7, 11) is 0. The van der Waals surface area contributed by atoms with Crippen LogP contribution in [0.3, 0.4) is 0 Å². The molecule has 0 spiro atoms. The van der Waals surface area contributed by atoms with Crippen molar-refractivity contribution in [2.24, 2.45) is 0 Å². The van der Waals surface area contributed by atoms with E-state index in [-0.39, 0.29) is 23.0 Å². The number of benzene rings is 3. The summed E-state index contributed by atoms with van der Waals surface area (Å²) in [5.41, 5.74) is 3.41. The molecule has 150 valence electrons. The van der Waals surface area contributed by atoms with Crippen molar-refractivity contribution in [1.29, 1.82) is 0 Å². The Bertz CT molecular complexity index is 1260. The number of para-hydroxylation sites is 1. The summed E-state index contributed by atoms with van der Waals surface area (Å²) in [4.78, 5) is 25.8. The fourth-order valence-corrected chi connectivity index (χ4v) is 3.38. The third-order valence-corrected chi connectivity index (χ3v) is 4.61. The smallest absolute Gasteiger partial charge is 0.293 e. The molecule has 0 saturated carbocycles. The van der Waals surface area contributed by atoms with E-state index in [1.165, 1.54) is 18.2 Å². The standard InChI is InChI=1S/C24H19FN2O3/c1-14-10-15(2)12-16(11-14)23(28)27-21-19-8-3-4-9-20(19)30-22(21)24(29)26-18-7-5-6-17(25)13-18/h3-13H,1-2H3,(H,26,29)(H,27,28). The van der Waals surface area contributed by atoms with E-state index in [1.807, 2.05) is 19.9 Å². The van der Waals surface area contributed by atoms with Crippen LogP contribution in [0.25, 0.3) is 11.0 Å². The van der Waals surface area contributed by atoms with Crippen LogP contribution < -0.4 is 10.6 Å². The Balaban J connectivity index is 1.71. The van der Waals surface area contributed by atoms with Crippen LogP contribution in [0.2, 0.25) is 0 Å². The SMILES string of the molecule is Cc1cc(C)cc(C(=O)Nc2c(C(=O)Nc3cccc(F)c3)oc3ccccc23)c1. The molecular weight excluding hydrogens is 383 g/mol. The first kappa shape index (κ1) is 19.4. The van der Waals surface area contributed by atoms with E-state index in [1.54, 1.807) is 42.5 Å². The first-order chi connectivity index (χ1) is 14.4. The molecule has 5 nitrogen and oxygen atoms in total. The van der Waals surface area contributed by atoms with Crippen molar-refractivity contribution >= 4 is 34.2 Å². The summed E-state index contributed by atoms with van der Waals surface area (Å²) in [6, 6.07) is 18.1. The summed E-state index contributed by atoms with van der Waals surface area (Å²) in [5.74, 6) is -1.47. The number of amides is 2. The van der Waals surface area contributed by atoms with Gasteiger partial charge in [-0.2, -0.15) is 0 Å². The van der Waals surface area contributed by atoms with Gasteiger partial charge in [-0.3, -0.25) is 9.59 Å². The molecular formula is C24H19FN2O3. The van der Waals surface area contributed by atoms with E-state index >= 15 is 0 Å². The monoisotopic (exact) mass is 402 g/mol. The zero-order valence-electron chi connectivity index (χ0n) is 16.5. The largest absolute Gasteiger partial charge is 0.449 e. The lowest BCUT2D eigenvalue weighted by atomic mass is 10.1. The fraction of sp³-hybridized carbons (Fsp3) is 0.0833. The van der Waals surface area contributed by atoms with Gasteiger partial charge in [-0.25, -0.2) is 4.39 Å². The number of hydrogen-bond donors (Lipinski definition) is 2. The molecule has 0 atom stereocenters. The maximum atomic E-state index is 13.5. The molecule has 0 aliphatic heterocycles. The van der Waals surface area contributed by atoms with Gasteiger partial charge >= 0.3 is 0 Å². The maximum absolute atomic E-state index is 13.5. The van der Waals surface area contributed by atoms with Crippen molar-refractivity contribution in [3.05, 3.63) is 95.0 Å². The predicted octanol–water partition coefficient (Wildman–Crippen LogP) is 5.69. The molecule has 0 fully saturated rings. The van der Waals surface area contributed by atoms with Crippen molar-refractivity contribution < 1.29 is 18.4 Å². The number of aryl methyl sites for hydroxylation is 2. The second kappa shape index (κ2) is 7.83. The van der Waals surface area contributed by atoms with E-state index in [0.29, 0.717) is 16.5 Å². The molecule has 0 saturated heterocycles. The minimum absolute atomic E-state index is 0.0572. The Morgan fingerprint density at radius 3 is 2.30 bits per heavy atom. The van der Waals surface area contributed by atoms with Crippen molar-refractivity contribution in [2.75, 3.05) is 10.6 Å². The Morgan fingerprint density at radius 2 is 1.57 bits per heavy atom. The second-order valence-electron chi connectivity index (χ2n) is 7.10. The minimum Gasteiger partial charge on any atom is -0.449 e. The Morgan fingerprint density at radius 1 is 0.833 bits per heavy atom. The molecule has 0 unspecified atom stereocenters. The summed E-state index contributed by atoms with van der Waals surface area (Å²) < 4.78 is 19.2. The van der Waals surface area contributed by atoms with E-state index < -0.39 is 11.7 Å². The van der Waals surface area contributed by atoms with E-state index in [4.69, 9.17) is 4.42 Å². The highest BCUT2D eigenvalue weighted by atomic mass is 19.1. The highest BCUT2D eigenvalue weighted by Crippen LogP contribution is 2.32. The van der Waals surface area contributed by atoms with Crippen molar-refractivity contribution in [3.8, 4) is 0 Å². The summed E-state index contributed by atoms with van der Waals surface area (Å²) in [6.45, 7) is 3.82. The molecule has 0 radical (unpaired) electrons. The number of rotatable bonds is 4. The summed E-state index contributed by atoms with van der Waals surface area (Å²) >= 11 is 0. The molecule has 0 aliphatic rings. The van der Waals surface area contributed by atoms with Crippen molar-refractivity contribution in [2.45, 2.75) is 13.8 Å². The lowest BCUT2D eigenvalue weighted by molar-refractivity contribution is 0.0999. The maximum Gasteiger partial charge on any atom is 0.293 e. The molecule has 0 bridgehead atoms. The molecule has 4 aromatic rings. The van der Waals surface area contributed by atoms with Gasteiger partial charge in [0.2, 0.25) is 5.76 Å². The first-order valence-corrected chi connectivity index (χ1v) is 9.39. The fourth-order valence-electron chi connectivity index (χ4n) is 3.38. The zero-order chi connectivity index (χ0) is 21.3. The van der Waals surface area contributed by atoms with Gasteiger partial charge in [-0.05, 0) is 56.3 Å². The summed E-state index contributed by atoms with van der Waals surface area (Å²) in [5, 5.41) is 6.02. The number of furan rings is 1. The minimum atomic E-state index is -0.590. The van der Waals surface area contributed by atoms with E-state index in [0.717, 1.165) is 11.1 Å². The molecule has 2 N–H and O–H groups in total. The molecule has 0 aliphatic carbocycles. The number of hydrogen-bond acceptors (Lipinski definition) is 3. The van der Waals surface area contributed by atoms with Crippen LogP contribution in [0.1, 0.15) is 32.0 Å². The van der Waals surface area contributed by atoms with Crippen LogP contribution in [0.4, 0.5) is 15.8 Å². The topological polar surface area (TPSA) is 71.3 Å². The van der Waals surface area contributed by atoms with Crippen LogP contribution >= 0.6 is 0 Å². The predicted molar refractivity (Wildman–Crippen MR) is 114 cm³/mol. The van der Waals surface area contributed by atoms with Gasteiger partial charge < -0.3 is 15.1 Å². The van der Waals surface area contributed by atoms with Gasteiger partial charge in [0.05, 0.1) is 0 Å². The van der Waals surface area contributed by atoms with Crippen LogP contribution in [0, 0.1) is 19.7 Å². The number of carbonyl (C=O) groups is 2. The van der Waals surface area contributed by atoms with Gasteiger partial charge in [0.25, 0.3) is 11.8 Å². The quantitative estimate of drug-likeness (QED) is 0.460. The third kappa shape index (κ3) is 3.93. The summed E-state index contributed by atoms with van der Waals surface area (Å²) in [6.07, 6.45) is 0. The van der Waals surface area contributed by atoms with Gasteiger partial charge in [-0.1, -0.05) is 35.4 Å². The molecule has 6 heteroatoms. The number of halogens is 1. The lowest BCUT2D eigenvalue weighted by Crippen LogP contribution is -2.17. The van der Waals surface area contributed by atoms with Gasteiger partial charge in [0, 0.05) is 16.6 Å². The second-order valence-corrected chi connectivity index (χ2v) is 7.10. The number of carbonyl (C=O) groups excluding carboxylic acids is 2. The van der Waals surface area contributed by atoms with Crippen LogP contribution in [0.15, 0.2) is 71.1 Å². The molecule has 3 aromatic carbocycles. The van der Waals surface area contributed by atoms with Gasteiger partial charge in [0.15, 0.2) is 0 Å². The van der Waals surface area contributed by atoms with E-state index in [2.05, 4.69) is 10.6 Å². The molecule has 30 heavy (non-hydrogen) atoms. The normalized spacial score (nSPS) is 10.8. The zero-order valence-corrected chi connectivity index (χ0v) is 16.5. The Hall–Kier alpha value is -3.93. The van der Waals surface area contributed by atoms with Gasteiger partial charge in [-0.15, -0.1) is 0 Å². The average molecular weight is 402 g/mol. The number of anilines is 2. The lowest BCUT2D eigenvalue weighted by Gasteiger charge is -2.09. The Labute approximate surface area is 172 Å².